The van der Waals surface area contributed by atoms with E-state index in [4.69, 9.17) is 29.3 Å². The molecule has 11 rings (SSSR count). The molecule has 0 fully saturated rings. The quantitative estimate of drug-likeness (QED) is 0.151. The summed E-state index contributed by atoms with van der Waals surface area (Å²) in [6, 6.07) is 64.5. The van der Waals surface area contributed by atoms with Crippen molar-refractivity contribution in [3.8, 4) is 78.7 Å². The Bertz CT molecular complexity index is 2980. The third kappa shape index (κ3) is 6.39. The van der Waals surface area contributed by atoms with Crippen LogP contribution in [-0.4, -0.2) is 24.9 Å². The fraction of sp³-hybridized carbons (Fsp3) is 0. The normalized spacial score (nSPS) is 11.4. The molecule has 59 heavy (non-hydrogen) atoms. The lowest BCUT2D eigenvalue weighted by molar-refractivity contribution is 0.623. The minimum absolute atomic E-state index is 0.481. The zero-order valence-electron chi connectivity index (χ0n) is 31.7. The van der Waals surface area contributed by atoms with Gasteiger partial charge in [0.15, 0.2) is 5.58 Å². The van der Waals surface area contributed by atoms with Crippen molar-refractivity contribution in [2.24, 2.45) is 0 Å². The van der Waals surface area contributed by atoms with E-state index in [0.717, 1.165) is 100 Å². The van der Waals surface area contributed by atoms with Gasteiger partial charge in [-0.25, -0.2) is 15.0 Å². The topological polar surface area (TPSA) is 77.6 Å². The molecule has 0 amide bonds. The number of aromatic nitrogens is 5. The first-order valence-electron chi connectivity index (χ1n) is 19.6. The minimum Gasteiger partial charge on any atom is -0.435 e. The van der Waals surface area contributed by atoms with Gasteiger partial charge in [0.2, 0.25) is 5.89 Å². The molecule has 0 saturated heterocycles. The van der Waals surface area contributed by atoms with Crippen LogP contribution in [0.4, 0.5) is 0 Å². The van der Waals surface area contributed by atoms with Gasteiger partial charge < -0.3 is 4.42 Å². The Hall–Kier alpha value is -8.09. The molecule has 0 aliphatic heterocycles. The first-order chi connectivity index (χ1) is 29.2. The van der Waals surface area contributed by atoms with E-state index in [1.54, 1.807) is 12.4 Å². The first-order valence-corrected chi connectivity index (χ1v) is 19.6. The van der Waals surface area contributed by atoms with Gasteiger partial charge in [0, 0.05) is 51.0 Å². The van der Waals surface area contributed by atoms with Crippen molar-refractivity contribution in [2.75, 3.05) is 0 Å². The Morgan fingerprint density at radius 1 is 0.288 bits per heavy atom. The maximum atomic E-state index is 6.81. The predicted octanol–water partition coefficient (Wildman–Crippen LogP) is 13.4. The summed E-state index contributed by atoms with van der Waals surface area (Å²) >= 11 is 0. The summed E-state index contributed by atoms with van der Waals surface area (Å²) in [5.41, 5.74) is 15.4. The van der Waals surface area contributed by atoms with Crippen LogP contribution < -0.4 is 0 Å². The number of nitrogens with zero attached hydrogens (tertiary/aromatic N) is 5. The van der Waals surface area contributed by atoms with Gasteiger partial charge in [0.1, 0.15) is 11.0 Å². The number of rotatable bonds is 7. The van der Waals surface area contributed by atoms with Gasteiger partial charge in [-0.15, -0.1) is 0 Å². The molecule has 0 spiro atoms. The van der Waals surface area contributed by atoms with Crippen LogP contribution in [0.5, 0.6) is 0 Å². The predicted molar refractivity (Wildman–Crippen MR) is 238 cm³/mol. The number of benzene rings is 6. The standard InChI is InChI=1S/C53H33N5O/c1-5-15-34(16-6-1)38-30-45(36-19-9-3-10-20-36)56-47(32-38)40-27-41(48-33-39(35-17-7-2-8-18-35)31-46(57-48)37-21-11-4-12-22-37)29-42(28-40)53-58-51-43-23-13-25-54-49(43)50-44(52(51)59-53)24-14-26-55-50/h1-33H. The lowest BCUT2D eigenvalue weighted by Gasteiger charge is -2.14. The van der Waals surface area contributed by atoms with Crippen LogP contribution in [0.2, 0.25) is 0 Å². The number of hydrogen-bond donors (Lipinski definition) is 0. The molecule has 0 radical (unpaired) electrons. The maximum Gasteiger partial charge on any atom is 0.227 e. The molecule has 5 heterocycles. The number of pyridine rings is 4. The third-order valence-corrected chi connectivity index (χ3v) is 10.7. The Balaban J connectivity index is 1.19. The molecule has 0 saturated carbocycles. The van der Waals surface area contributed by atoms with Gasteiger partial charge in [-0.2, -0.15) is 0 Å². The summed E-state index contributed by atoms with van der Waals surface area (Å²) in [6.07, 6.45) is 3.58. The minimum atomic E-state index is 0.481. The molecule has 6 nitrogen and oxygen atoms in total. The van der Waals surface area contributed by atoms with Crippen molar-refractivity contribution in [1.82, 2.24) is 24.9 Å². The Morgan fingerprint density at radius 3 is 1.19 bits per heavy atom. The highest BCUT2D eigenvalue weighted by Gasteiger charge is 2.20. The second-order valence-electron chi connectivity index (χ2n) is 14.5. The Labute approximate surface area is 340 Å². The van der Waals surface area contributed by atoms with E-state index in [1.807, 2.05) is 72.8 Å². The molecule has 0 aliphatic carbocycles. The van der Waals surface area contributed by atoms with Crippen molar-refractivity contribution >= 4 is 32.9 Å². The highest BCUT2D eigenvalue weighted by atomic mass is 16.3. The van der Waals surface area contributed by atoms with E-state index in [2.05, 4.69) is 115 Å². The molecule has 0 N–H and O–H groups in total. The summed E-state index contributed by atoms with van der Waals surface area (Å²) in [6.45, 7) is 0. The van der Waals surface area contributed by atoms with Gasteiger partial charge in [-0.3, -0.25) is 9.97 Å². The van der Waals surface area contributed by atoms with E-state index in [-0.39, 0.29) is 0 Å². The second kappa shape index (κ2) is 14.4. The summed E-state index contributed by atoms with van der Waals surface area (Å²) in [5, 5.41) is 1.74. The highest BCUT2D eigenvalue weighted by Crippen LogP contribution is 2.40. The molecule has 0 bridgehead atoms. The fourth-order valence-corrected chi connectivity index (χ4v) is 7.88. The third-order valence-electron chi connectivity index (χ3n) is 10.7. The molecule has 0 unspecified atom stereocenters. The average Bonchev–Trinajstić information content (AvgIpc) is 3.79. The Kier molecular flexibility index (Phi) is 8.37. The van der Waals surface area contributed by atoms with E-state index < -0.39 is 0 Å². The van der Waals surface area contributed by atoms with E-state index in [0.29, 0.717) is 11.5 Å². The van der Waals surface area contributed by atoms with Crippen LogP contribution in [-0.2, 0) is 0 Å². The molecule has 11 aromatic rings. The lowest BCUT2D eigenvalue weighted by Crippen LogP contribution is -1.95. The number of hydrogen-bond acceptors (Lipinski definition) is 6. The van der Waals surface area contributed by atoms with Crippen molar-refractivity contribution in [2.45, 2.75) is 0 Å². The monoisotopic (exact) mass is 755 g/mol. The smallest absolute Gasteiger partial charge is 0.227 e. The van der Waals surface area contributed by atoms with Gasteiger partial charge in [0.25, 0.3) is 0 Å². The molecule has 5 aromatic heterocycles. The van der Waals surface area contributed by atoms with Crippen LogP contribution in [0.3, 0.4) is 0 Å². The zero-order valence-corrected chi connectivity index (χ0v) is 31.7. The molecular formula is C53H33N5O. The molecule has 0 aliphatic rings. The van der Waals surface area contributed by atoms with Crippen LogP contribution in [0.1, 0.15) is 0 Å². The van der Waals surface area contributed by atoms with Gasteiger partial charge in [-0.1, -0.05) is 121 Å². The van der Waals surface area contributed by atoms with E-state index in [9.17, 15) is 0 Å². The van der Waals surface area contributed by atoms with E-state index in [1.165, 1.54) is 0 Å². The van der Waals surface area contributed by atoms with Crippen LogP contribution >= 0.6 is 0 Å². The highest BCUT2D eigenvalue weighted by molar-refractivity contribution is 6.20. The SMILES string of the molecule is c1ccc(-c2cc(-c3ccccc3)nc(-c3cc(-c4cc(-c5ccccc5)cc(-c5ccccc5)n4)cc(-c4nc5c6cccnc6c6ncccc6c5o4)c3)c2)cc1. The van der Waals surface area contributed by atoms with Crippen molar-refractivity contribution in [1.29, 1.82) is 0 Å². The number of oxazole rings is 1. The van der Waals surface area contributed by atoms with Gasteiger partial charge >= 0.3 is 0 Å². The van der Waals surface area contributed by atoms with Crippen molar-refractivity contribution in [3.63, 3.8) is 0 Å². The Morgan fingerprint density at radius 2 is 0.695 bits per heavy atom. The second-order valence-corrected chi connectivity index (χ2v) is 14.5. The fourth-order valence-electron chi connectivity index (χ4n) is 7.88. The maximum absolute atomic E-state index is 6.81. The summed E-state index contributed by atoms with van der Waals surface area (Å²) < 4.78 is 6.81. The summed E-state index contributed by atoms with van der Waals surface area (Å²) in [5.74, 6) is 0.481. The molecule has 276 valence electrons. The van der Waals surface area contributed by atoms with Gasteiger partial charge in [-0.05, 0) is 89.0 Å². The lowest BCUT2D eigenvalue weighted by atomic mass is 9.95. The van der Waals surface area contributed by atoms with Crippen LogP contribution in [0.25, 0.3) is 112 Å². The van der Waals surface area contributed by atoms with Crippen molar-refractivity contribution in [3.05, 3.63) is 200 Å². The summed E-state index contributed by atoms with van der Waals surface area (Å²) in [7, 11) is 0. The average molecular weight is 756 g/mol. The molecule has 0 atom stereocenters. The molecule has 6 heteroatoms. The molecular weight excluding hydrogens is 723 g/mol. The number of fused-ring (bicyclic) bond motifs is 6. The largest absolute Gasteiger partial charge is 0.435 e. The van der Waals surface area contributed by atoms with Crippen molar-refractivity contribution < 1.29 is 4.42 Å². The van der Waals surface area contributed by atoms with Crippen LogP contribution in [0, 0.1) is 0 Å². The van der Waals surface area contributed by atoms with Crippen LogP contribution in [0.15, 0.2) is 205 Å². The molecule has 6 aromatic carbocycles. The van der Waals surface area contributed by atoms with Gasteiger partial charge in [0.05, 0.1) is 28.3 Å². The van der Waals surface area contributed by atoms with E-state index >= 15 is 0 Å². The first kappa shape index (κ1) is 34.2. The summed E-state index contributed by atoms with van der Waals surface area (Å²) in [4.78, 5) is 25.3. The zero-order chi connectivity index (χ0) is 39.1.